The molecule has 2 aromatic rings. The van der Waals surface area contributed by atoms with Gasteiger partial charge in [0.15, 0.2) is 5.78 Å². The van der Waals surface area contributed by atoms with Crippen molar-refractivity contribution < 1.29 is 24.3 Å². The Bertz CT molecular complexity index is 989. The molecule has 0 aliphatic heterocycles. The Balaban J connectivity index is 1.88. The van der Waals surface area contributed by atoms with Crippen molar-refractivity contribution in [1.82, 2.24) is 10.6 Å². The maximum atomic E-state index is 13.0. The number of ketones is 1. The summed E-state index contributed by atoms with van der Waals surface area (Å²) < 4.78 is 0. The highest BCUT2D eigenvalue weighted by Crippen LogP contribution is 2.38. The number of carbonyl (C=O) groups excluding carboxylic acids is 4. The van der Waals surface area contributed by atoms with Crippen molar-refractivity contribution in [1.29, 1.82) is 0 Å². The van der Waals surface area contributed by atoms with Gasteiger partial charge in [-0.05, 0) is 30.1 Å². The lowest BCUT2D eigenvalue weighted by atomic mass is 9.98. The lowest BCUT2D eigenvalue weighted by Crippen LogP contribution is -2.49. The number of hydrogen-bond acceptors (Lipinski definition) is 6. The molecule has 1 atom stereocenters. The van der Waals surface area contributed by atoms with Crippen LogP contribution in [0.4, 0.5) is 0 Å². The fraction of sp³-hybridized carbons (Fsp3) is 0.238. The number of hydrogen-bond donors (Lipinski definition) is 2. The molecule has 0 radical (unpaired) electrons. The maximum Gasteiger partial charge on any atom is 0.252 e. The minimum atomic E-state index is -1.41. The summed E-state index contributed by atoms with van der Waals surface area (Å²) in [6.07, 6.45) is 2.20. The predicted molar refractivity (Wildman–Crippen MR) is 108 cm³/mol. The molecule has 3 rings (SSSR count). The molecule has 0 spiro atoms. The van der Waals surface area contributed by atoms with Crippen LogP contribution in [0.2, 0.25) is 0 Å². The summed E-state index contributed by atoms with van der Waals surface area (Å²) in [5, 5.41) is 15.5. The fourth-order valence-electron chi connectivity index (χ4n) is 3.29. The summed E-state index contributed by atoms with van der Waals surface area (Å²) in [5.74, 6) is -2.06. The van der Waals surface area contributed by atoms with Crippen molar-refractivity contribution in [3.8, 4) is 11.1 Å². The Hall–Kier alpha value is -3.13. The van der Waals surface area contributed by atoms with E-state index in [1.54, 1.807) is 42.5 Å². The Morgan fingerprint density at radius 1 is 1.03 bits per heavy atom. The van der Waals surface area contributed by atoms with E-state index >= 15 is 0 Å². The topological polar surface area (TPSA) is 115 Å². The summed E-state index contributed by atoms with van der Waals surface area (Å²) in [6, 6.07) is 11.1. The Morgan fingerprint density at radius 3 is 2.41 bits per heavy atom. The third kappa shape index (κ3) is 4.32. The molecule has 1 aliphatic rings. The van der Waals surface area contributed by atoms with Gasteiger partial charge in [-0.25, -0.2) is 0 Å². The van der Waals surface area contributed by atoms with Gasteiger partial charge in [0, 0.05) is 22.3 Å². The highest BCUT2D eigenvalue weighted by Gasteiger charge is 2.31. The van der Waals surface area contributed by atoms with Crippen molar-refractivity contribution in [2.75, 3.05) is 18.6 Å². The summed E-state index contributed by atoms with van der Waals surface area (Å²) in [4.78, 5) is 48.6. The van der Waals surface area contributed by atoms with Gasteiger partial charge >= 0.3 is 0 Å². The van der Waals surface area contributed by atoms with E-state index in [0.29, 0.717) is 40.0 Å². The molecule has 2 amide bonds. The fourth-order valence-corrected chi connectivity index (χ4v) is 3.76. The normalized spacial score (nSPS) is 12.7. The second-order valence-electron chi connectivity index (χ2n) is 6.50. The van der Waals surface area contributed by atoms with Gasteiger partial charge in [0.25, 0.3) is 5.91 Å². The quantitative estimate of drug-likeness (QED) is 0.561. The number of carboxylic acid groups (broad SMARTS) is 1. The van der Waals surface area contributed by atoms with Gasteiger partial charge in [-0.15, -0.1) is 0 Å². The average molecular weight is 411 g/mol. The lowest BCUT2D eigenvalue weighted by Gasteiger charge is -2.19. The minimum absolute atomic E-state index is 0.143. The molecule has 7 nitrogen and oxygen atoms in total. The molecule has 8 heteroatoms. The largest absolute Gasteiger partial charge is 0.548 e. The van der Waals surface area contributed by atoms with Crippen LogP contribution in [0.25, 0.3) is 11.1 Å². The van der Waals surface area contributed by atoms with Crippen LogP contribution in [0.15, 0.2) is 42.5 Å². The van der Waals surface area contributed by atoms with Gasteiger partial charge in [-0.3, -0.25) is 14.4 Å². The number of rotatable bonds is 8. The first kappa shape index (κ1) is 20.6. The number of fused-ring (bicyclic) bond motifs is 3. The van der Waals surface area contributed by atoms with Crippen molar-refractivity contribution in [2.24, 2.45) is 0 Å². The van der Waals surface area contributed by atoms with Gasteiger partial charge < -0.3 is 20.5 Å². The number of carboxylic acids is 1. The molecule has 0 bridgehead atoms. The number of amides is 2. The predicted octanol–water partition coefficient (Wildman–Crippen LogP) is 0.616. The van der Waals surface area contributed by atoms with Gasteiger partial charge in [-0.2, -0.15) is 11.8 Å². The third-order valence-electron chi connectivity index (χ3n) is 4.63. The van der Waals surface area contributed by atoms with Crippen LogP contribution in [0.5, 0.6) is 0 Å². The maximum absolute atomic E-state index is 13.0. The zero-order chi connectivity index (χ0) is 21.0. The second-order valence-corrected chi connectivity index (χ2v) is 7.49. The minimum Gasteiger partial charge on any atom is -0.548 e. The van der Waals surface area contributed by atoms with E-state index in [4.69, 9.17) is 0 Å². The molecular formula is C21H19N2O5S-. The van der Waals surface area contributed by atoms with Gasteiger partial charge in [0.1, 0.15) is 6.04 Å². The van der Waals surface area contributed by atoms with Crippen LogP contribution in [0.1, 0.15) is 32.7 Å². The first-order chi connectivity index (χ1) is 13.9. The Morgan fingerprint density at radius 2 is 1.72 bits per heavy atom. The van der Waals surface area contributed by atoms with Crippen LogP contribution in [0, 0.1) is 0 Å². The molecule has 0 aromatic heterocycles. The molecule has 2 N–H and O–H groups in total. The van der Waals surface area contributed by atoms with Crippen molar-refractivity contribution in [2.45, 2.75) is 12.5 Å². The summed E-state index contributed by atoms with van der Waals surface area (Å²) in [6.45, 7) is -0.632. The zero-order valence-corrected chi connectivity index (χ0v) is 16.5. The highest BCUT2D eigenvalue weighted by atomic mass is 32.2. The monoisotopic (exact) mass is 411 g/mol. The summed E-state index contributed by atoms with van der Waals surface area (Å²) in [5.41, 5.74) is 2.50. The number of benzene rings is 2. The average Bonchev–Trinajstić information content (AvgIpc) is 3.02. The molecule has 0 heterocycles. The molecular weight excluding hydrogens is 392 g/mol. The van der Waals surface area contributed by atoms with Crippen LogP contribution in [-0.2, 0) is 9.59 Å². The molecule has 0 saturated carbocycles. The second kappa shape index (κ2) is 8.91. The van der Waals surface area contributed by atoms with E-state index < -0.39 is 30.4 Å². The van der Waals surface area contributed by atoms with Gasteiger partial charge in [-0.1, -0.05) is 36.4 Å². The molecule has 0 fully saturated rings. The van der Waals surface area contributed by atoms with E-state index in [-0.39, 0.29) is 5.78 Å². The molecule has 0 saturated heterocycles. The molecule has 29 heavy (non-hydrogen) atoms. The number of nitrogens with one attached hydrogen (secondary N) is 2. The van der Waals surface area contributed by atoms with Crippen LogP contribution in [-0.4, -0.2) is 48.2 Å². The third-order valence-corrected chi connectivity index (χ3v) is 5.28. The van der Waals surface area contributed by atoms with Gasteiger partial charge in [0.05, 0.1) is 12.5 Å². The van der Waals surface area contributed by atoms with Crippen molar-refractivity contribution in [3.05, 3.63) is 59.2 Å². The van der Waals surface area contributed by atoms with Crippen LogP contribution >= 0.6 is 11.8 Å². The molecule has 2 aromatic carbocycles. The highest BCUT2D eigenvalue weighted by molar-refractivity contribution is 7.98. The van der Waals surface area contributed by atoms with Crippen LogP contribution < -0.4 is 15.7 Å². The molecule has 150 valence electrons. The smallest absolute Gasteiger partial charge is 0.252 e. The van der Waals surface area contributed by atoms with Crippen LogP contribution in [0.3, 0.4) is 0 Å². The molecule has 1 aliphatic carbocycles. The summed E-state index contributed by atoms with van der Waals surface area (Å²) in [7, 11) is 0. The van der Waals surface area contributed by atoms with E-state index in [2.05, 4.69) is 10.6 Å². The van der Waals surface area contributed by atoms with Gasteiger partial charge in [0.2, 0.25) is 5.91 Å². The first-order valence-corrected chi connectivity index (χ1v) is 10.4. The first-order valence-electron chi connectivity index (χ1n) is 8.98. The van der Waals surface area contributed by atoms with E-state index in [0.717, 1.165) is 0 Å². The van der Waals surface area contributed by atoms with E-state index in [1.165, 1.54) is 11.8 Å². The van der Waals surface area contributed by atoms with E-state index in [9.17, 15) is 24.3 Å². The lowest BCUT2D eigenvalue weighted by molar-refractivity contribution is -0.304. The summed E-state index contributed by atoms with van der Waals surface area (Å²) >= 11 is 1.50. The standard InChI is InChI=1S/C21H20N2O5S/c1-29-10-9-16(21(28)22-11-17(24)25)23-20(27)15-8-4-7-14-18(15)12-5-2-3-6-13(12)19(14)26/h2-8,16H,9-11H2,1H3,(H,22,28)(H,23,27)(H,24,25)/p-1/t16-/m0/s1. The Labute approximate surface area is 171 Å². The van der Waals surface area contributed by atoms with Crippen molar-refractivity contribution >= 4 is 35.3 Å². The zero-order valence-electron chi connectivity index (χ0n) is 15.7. The molecule has 0 unspecified atom stereocenters. The SMILES string of the molecule is CSCC[C@H](NC(=O)c1cccc2c1-c1ccccc1C2=O)C(=O)NCC(=O)[O-]. The Kier molecular flexibility index (Phi) is 6.33. The van der Waals surface area contributed by atoms with E-state index in [1.807, 2.05) is 6.26 Å². The number of carbonyl (C=O) groups is 4. The van der Waals surface area contributed by atoms with Crippen molar-refractivity contribution in [3.63, 3.8) is 0 Å². The number of aliphatic carboxylic acids is 1. The number of thioether (sulfide) groups is 1.